The van der Waals surface area contributed by atoms with E-state index in [2.05, 4.69) is 21.9 Å². The summed E-state index contributed by atoms with van der Waals surface area (Å²) in [5.74, 6) is 0.161. The van der Waals surface area contributed by atoms with Gasteiger partial charge in [-0.15, -0.1) is 0 Å². The molecule has 0 aliphatic carbocycles. The first kappa shape index (κ1) is 38.3. The number of nitrogens with zero attached hydrogens (tertiary/aromatic N) is 4. The van der Waals surface area contributed by atoms with E-state index in [1.54, 1.807) is 4.90 Å². The van der Waals surface area contributed by atoms with E-state index in [1.807, 2.05) is 91.8 Å². The van der Waals surface area contributed by atoms with Crippen LogP contribution >= 0.6 is 0 Å². The molecule has 1 heterocycles. The highest BCUT2D eigenvalue weighted by Crippen LogP contribution is 2.29. The van der Waals surface area contributed by atoms with Gasteiger partial charge in [-0.05, 0) is 73.1 Å². The van der Waals surface area contributed by atoms with Crippen LogP contribution in [0, 0.1) is 0 Å². The fraction of sp³-hybridized carbons (Fsp3) is 0.333. The predicted molar refractivity (Wildman–Crippen MR) is 198 cm³/mol. The smallest absolute Gasteiger partial charge is 0.416 e. The highest BCUT2D eigenvalue weighted by atomic mass is 19.4. The Labute approximate surface area is 304 Å². The highest BCUT2D eigenvalue weighted by Gasteiger charge is 2.34. The van der Waals surface area contributed by atoms with Crippen LogP contribution in [-0.2, 0) is 35.3 Å². The van der Waals surface area contributed by atoms with Crippen LogP contribution in [0.25, 0.3) is 6.08 Å². The van der Waals surface area contributed by atoms with E-state index < -0.39 is 23.7 Å². The zero-order valence-corrected chi connectivity index (χ0v) is 29.8. The average molecular weight is 713 g/mol. The third kappa shape index (κ3) is 11.5. The minimum absolute atomic E-state index is 0.139. The van der Waals surface area contributed by atoms with Gasteiger partial charge in [-0.1, -0.05) is 84.9 Å². The molecular formula is C42H47F3N4O3. The van der Waals surface area contributed by atoms with Crippen LogP contribution in [-0.4, -0.2) is 90.9 Å². The zero-order chi connectivity index (χ0) is 36.9. The van der Waals surface area contributed by atoms with Crippen molar-refractivity contribution in [1.82, 2.24) is 19.6 Å². The summed E-state index contributed by atoms with van der Waals surface area (Å²) in [6.45, 7) is 4.89. The first-order chi connectivity index (χ1) is 25.0. The summed E-state index contributed by atoms with van der Waals surface area (Å²) in [5.41, 5.74) is 2.62. The minimum atomic E-state index is -4.46. The Bertz CT molecular complexity index is 1720. The largest absolute Gasteiger partial charge is 0.494 e. The maximum Gasteiger partial charge on any atom is 0.416 e. The van der Waals surface area contributed by atoms with E-state index in [0.29, 0.717) is 50.5 Å². The normalized spacial score (nSPS) is 14.5. The van der Waals surface area contributed by atoms with Gasteiger partial charge < -0.3 is 19.4 Å². The molecule has 4 aromatic carbocycles. The fourth-order valence-electron chi connectivity index (χ4n) is 6.19. The molecule has 0 bridgehead atoms. The van der Waals surface area contributed by atoms with Gasteiger partial charge in [-0.3, -0.25) is 14.5 Å². The van der Waals surface area contributed by atoms with Crippen molar-refractivity contribution < 1.29 is 27.5 Å². The molecule has 5 rings (SSSR count). The molecule has 2 amide bonds. The van der Waals surface area contributed by atoms with Crippen LogP contribution in [0.5, 0.6) is 5.75 Å². The number of amides is 2. The van der Waals surface area contributed by atoms with E-state index in [0.717, 1.165) is 42.8 Å². The van der Waals surface area contributed by atoms with Crippen LogP contribution in [0.3, 0.4) is 0 Å². The Morgan fingerprint density at radius 3 is 2.00 bits per heavy atom. The molecule has 1 aliphatic rings. The minimum Gasteiger partial charge on any atom is -0.494 e. The summed E-state index contributed by atoms with van der Waals surface area (Å²) in [7, 11) is 4.03. The summed E-state index contributed by atoms with van der Waals surface area (Å²) in [4.78, 5) is 36.5. The van der Waals surface area contributed by atoms with Gasteiger partial charge in [0, 0.05) is 58.3 Å². The van der Waals surface area contributed by atoms with Crippen LogP contribution < -0.4 is 4.74 Å². The number of benzene rings is 4. The second-order valence-corrected chi connectivity index (χ2v) is 13.4. The van der Waals surface area contributed by atoms with Gasteiger partial charge in [-0.2, -0.15) is 13.2 Å². The number of hydrogen-bond donors (Lipinski definition) is 0. The lowest BCUT2D eigenvalue weighted by molar-refractivity contribution is -0.145. The third-order valence-electron chi connectivity index (χ3n) is 9.10. The van der Waals surface area contributed by atoms with Gasteiger partial charge in [0.05, 0.1) is 12.2 Å². The van der Waals surface area contributed by atoms with Gasteiger partial charge in [0.1, 0.15) is 11.8 Å². The standard InChI is InChI=1S/C42H47F3N4O3/c1-46(2)24-9-29-52-38-21-16-36(17-22-38)32-49(40(50)23-18-33-14-19-37(20-15-33)42(43,44)45)39(30-34-10-5-3-6-11-34)41(51)48-27-25-47(26-28-48)31-35-12-7-4-8-13-35/h3-8,10-23,39H,9,24-32H2,1-2H3/b23-18+/t39-/m0/s1. The zero-order valence-electron chi connectivity index (χ0n) is 29.8. The second kappa shape index (κ2) is 18.5. The summed E-state index contributed by atoms with van der Waals surface area (Å²) in [5, 5.41) is 0. The van der Waals surface area contributed by atoms with Crippen LogP contribution in [0.2, 0.25) is 0 Å². The first-order valence-electron chi connectivity index (χ1n) is 17.7. The van der Waals surface area contributed by atoms with Crippen LogP contribution in [0.1, 0.15) is 34.2 Å². The Morgan fingerprint density at radius 2 is 1.40 bits per heavy atom. The van der Waals surface area contributed by atoms with Crippen molar-refractivity contribution in [2.75, 3.05) is 53.4 Å². The van der Waals surface area contributed by atoms with Gasteiger partial charge in [0.15, 0.2) is 0 Å². The van der Waals surface area contributed by atoms with E-state index in [-0.39, 0.29) is 12.5 Å². The molecule has 0 aromatic heterocycles. The molecule has 0 saturated carbocycles. The van der Waals surface area contributed by atoms with Crippen LogP contribution in [0.4, 0.5) is 13.2 Å². The molecule has 1 saturated heterocycles. The Morgan fingerprint density at radius 1 is 0.788 bits per heavy atom. The van der Waals surface area contributed by atoms with E-state index in [9.17, 15) is 22.8 Å². The Hall–Kier alpha value is -4.93. The third-order valence-corrected chi connectivity index (χ3v) is 9.10. The maximum absolute atomic E-state index is 14.5. The number of hydrogen-bond acceptors (Lipinski definition) is 5. The molecule has 0 spiro atoms. The summed E-state index contributed by atoms with van der Waals surface area (Å²) in [6, 6.07) is 31.2. The molecule has 0 unspecified atom stereocenters. The topological polar surface area (TPSA) is 56.3 Å². The SMILES string of the molecule is CN(C)CCCOc1ccc(CN(C(=O)/C=C/c2ccc(C(F)(F)F)cc2)[C@@H](Cc2ccccc2)C(=O)N2CCN(Cc3ccccc3)CC2)cc1. The molecule has 1 atom stereocenters. The van der Waals surface area contributed by atoms with E-state index in [1.165, 1.54) is 29.8 Å². The number of carbonyl (C=O) groups excluding carboxylic acids is 2. The van der Waals surface area contributed by atoms with Crippen molar-refractivity contribution in [1.29, 1.82) is 0 Å². The summed E-state index contributed by atoms with van der Waals surface area (Å²) in [6.07, 6.45) is -0.441. The second-order valence-electron chi connectivity index (χ2n) is 13.4. The van der Waals surface area contributed by atoms with Gasteiger partial charge in [-0.25, -0.2) is 0 Å². The van der Waals surface area contributed by atoms with Crippen molar-refractivity contribution in [3.63, 3.8) is 0 Å². The molecule has 10 heteroatoms. The molecule has 274 valence electrons. The lowest BCUT2D eigenvalue weighted by Crippen LogP contribution is -2.56. The lowest BCUT2D eigenvalue weighted by atomic mass is 10.0. The number of rotatable bonds is 15. The number of piperazine rings is 1. The molecule has 4 aromatic rings. The van der Waals surface area contributed by atoms with E-state index in [4.69, 9.17) is 4.74 Å². The molecule has 0 N–H and O–H groups in total. The first-order valence-corrected chi connectivity index (χ1v) is 17.7. The van der Waals surface area contributed by atoms with Crippen LogP contribution in [0.15, 0.2) is 115 Å². The number of ether oxygens (including phenoxy) is 1. The summed E-state index contributed by atoms with van der Waals surface area (Å²) >= 11 is 0. The predicted octanol–water partition coefficient (Wildman–Crippen LogP) is 7.03. The average Bonchev–Trinajstić information content (AvgIpc) is 3.15. The number of halogens is 3. The molecule has 7 nitrogen and oxygen atoms in total. The number of alkyl halides is 3. The maximum atomic E-state index is 14.5. The van der Waals surface area contributed by atoms with E-state index >= 15 is 0 Å². The molecule has 1 fully saturated rings. The molecule has 52 heavy (non-hydrogen) atoms. The van der Waals surface area contributed by atoms with Gasteiger partial charge in [0.25, 0.3) is 0 Å². The van der Waals surface area contributed by atoms with Gasteiger partial charge >= 0.3 is 6.18 Å². The fourth-order valence-corrected chi connectivity index (χ4v) is 6.19. The van der Waals surface area contributed by atoms with Crippen molar-refractivity contribution in [3.05, 3.63) is 143 Å². The monoisotopic (exact) mass is 712 g/mol. The lowest BCUT2D eigenvalue weighted by Gasteiger charge is -2.39. The van der Waals surface area contributed by atoms with Crippen molar-refractivity contribution in [2.24, 2.45) is 0 Å². The number of carbonyl (C=O) groups is 2. The highest BCUT2D eigenvalue weighted by molar-refractivity contribution is 5.95. The Balaban J connectivity index is 1.39. The molecular weight excluding hydrogens is 665 g/mol. The van der Waals surface area contributed by atoms with Crippen molar-refractivity contribution in [2.45, 2.75) is 38.1 Å². The van der Waals surface area contributed by atoms with Gasteiger partial charge in [0.2, 0.25) is 11.8 Å². The van der Waals surface area contributed by atoms with Crippen molar-refractivity contribution in [3.8, 4) is 5.75 Å². The molecule has 0 radical (unpaired) electrons. The molecule has 1 aliphatic heterocycles. The Kier molecular flexibility index (Phi) is 13.6. The summed E-state index contributed by atoms with van der Waals surface area (Å²) < 4.78 is 45.4. The van der Waals surface area contributed by atoms with Crippen molar-refractivity contribution >= 4 is 17.9 Å². The quantitative estimate of drug-likeness (QED) is 0.0979.